The van der Waals surface area contributed by atoms with Crippen LogP contribution in [0.1, 0.15) is 76.3 Å². The molecule has 0 aliphatic rings. The van der Waals surface area contributed by atoms with Crippen LogP contribution in [0.25, 0.3) is 11.1 Å². The largest absolute Gasteiger partial charge is 0.361 e. The van der Waals surface area contributed by atoms with E-state index in [0.717, 1.165) is 13.1 Å². The third-order valence-corrected chi connectivity index (χ3v) is 6.25. The molecular formula is C30H48N2O2. The van der Waals surface area contributed by atoms with Gasteiger partial charge >= 0.3 is 0 Å². The highest BCUT2D eigenvalue weighted by Gasteiger charge is 2.10. The number of ether oxygens (including phenoxy) is 2. The fourth-order valence-corrected chi connectivity index (χ4v) is 4.19. The molecular weight excluding hydrogens is 420 g/mol. The SMILES string of the molecule is CCCCCCN(C)COCc1ccccc1-c1ccccc1COCN(C)CCCCCC. The summed E-state index contributed by atoms with van der Waals surface area (Å²) in [7, 11) is 4.29. The summed E-state index contributed by atoms with van der Waals surface area (Å²) in [5, 5.41) is 0. The molecule has 0 aliphatic carbocycles. The van der Waals surface area contributed by atoms with Crippen LogP contribution in [0, 0.1) is 0 Å². The second-order valence-electron chi connectivity index (χ2n) is 9.55. The molecule has 0 radical (unpaired) electrons. The summed E-state index contributed by atoms with van der Waals surface area (Å²) in [5.74, 6) is 0. The molecule has 0 fully saturated rings. The maximum absolute atomic E-state index is 6.10. The van der Waals surface area contributed by atoms with Gasteiger partial charge in [-0.15, -0.1) is 0 Å². The lowest BCUT2D eigenvalue weighted by molar-refractivity contribution is 0.0312. The Morgan fingerprint density at radius 2 is 0.971 bits per heavy atom. The number of benzene rings is 2. The van der Waals surface area contributed by atoms with Crippen molar-refractivity contribution in [1.82, 2.24) is 9.80 Å². The Hall–Kier alpha value is -1.72. The third-order valence-electron chi connectivity index (χ3n) is 6.25. The van der Waals surface area contributed by atoms with E-state index in [0.29, 0.717) is 26.7 Å². The second kappa shape index (κ2) is 17.7. The molecule has 4 heteroatoms. The van der Waals surface area contributed by atoms with Crippen LogP contribution in [0.3, 0.4) is 0 Å². The van der Waals surface area contributed by atoms with Crippen LogP contribution in [0.15, 0.2) is 48.5 Å². The summed E-state index contributed by atoms with van der Waals surface area (Å²) >= 11 is 0. The monoisotopic (exact) mass is 468 g/mol. The van der Waals surface area contributed by atoms with Crippen LogP contribution in [0.2, 0.25) is 0 Å². The highest BCUT2D eigenvalue weighted by atomic mass is 16.5. The van der Waals surface area contributed by atoms with Gasteiger partial charge in [0.15, 0.2) is 0 Å². The van der Waals surface area contributed by atoms with E-state index in [1.807, 2.05) is 0 Å². The predicted molar refractivity (Wildman–Crippen MR) is 145 cm³/mol. The first-order valence-corrected chi connectivity index (χ1v) is 13.3. The zero-order valence-electron chi connectivity index (χ0n) is 22.2. The van der Waals surface area contributed by atoms with Crippen molar-refractivity contribution < 1.29 is 9.47 Å². The van der Waals surface area contributed by atoms with Crippen LogP contribution in [-0.4, -0.2) is 50.4 Å². The minimum atomic E-state index is 0.616. The summed E-state index contributed by atoms with van der Waals surface area (Å²) in [4.78, 5) is 4.55. The smallest absolute Gasteiger partial charge is 0.0992 e. The summed E-state index contributed by atoms with van der Waals surface area (Å²) in [6, 6.07) is 17.2. The van der Waals surface area contributed by atoms with Crippen molar-refractivity contribution in [3.8, 4) is 11.1 Å². The van der Waals surface area contributed by atoms with E-state index in [2.05, 4.69) is 86.3 Å². The Labute approximate surface area is 209 Å². The summed E-state index contributed by atoms with van der Waals surface area (Å²) < 4.78 is 12.2. The van der Waals surface area contributed by atoms with Gasteiger partial charge in [0.2, 0.25) is 0 Å². The first-order chi connectivity index (χ1) is 16.7. The summed E-state index contributed by atoms with van der Waals surface area (Å²) in [6.07, 6.45) is 10.3. The maximum Gasteiger partial charge on any atom is 0.0992 e. The Morgan fingerprint density at radius 1 is 0.559 bits per heavy atom. The van der Waals surface area contributed by atoms with Crippen LogP contribution >= 0.6 is 0 Å². The minimum Gasteiger partial charge on any atom is -0.361 e. The van der Waals surface area contributed by atoms with Gasteiger partial charge in [-0.05, 0) is 62.3 Å². The molecule has 2 rings (SSSR count). The molecule has 2 aromatic rings. The highest BCUT2D eigenvalue weighted by Crippen LogP contribution is 2.28. The van der Waals surface area contributed by atoms with E-state index in [9.17, 15) is 0 Å². The lowest BCUT2D eigenvalue weighted by Crippen LogP contribution is -2.23. The molecule has 0 bridgehead atoms. The summed E-state index contributed by atoms with van der Waals surface area (Å²) in [6.45, 7) is 9.25. The van der Waals surface area contributed by atoms with Gasteiger partial charge in [-0.3, -0.25) is 9.80 Å². The minimum absolute atomic E-state index is 0.616. The van der Waals surface area contributed by atoms with Crippen molar-refractivity contribution in [2.45, 2.75) is 78.4 Å². The molecule has 34 heavy (non-hydrogen) atoms. The average molecular weight is 469 g/mol. The first-order valence-electron chi connectivity index (χ1n) is 13.3. The first kappa shape index (κ1) is 28.5. The molecule has 0 saturated carbocycles. The number of rotatable bonds is 19. The van der Waals surface area contributed by atoms with E-state index < -0.39 is 0 Å². The normalized spacial score (nSPS) is 11.6. The number of nitrogens with zero attached hydrogens (tertiary/aromatic N) is 2. The van der Waals surface area contributed by atoms with Crippen LogP contribution < -0.4 is 0 Å². The van der Waals surface area contributed by atoms with Gasteiger partial charge in [0.25, 0.3) is 0 Å². The molecule has 0 amide bonds. The lowest BCUT2D eigenvalue weighted by atomic mass is 9.96. The van der Waals surface area contributed by atoms with Crippen LogP contribution in [0.5, 0.6) is 0 Å². The Bertz CT molecular complexity index is 714. The second-order valence-corrected chi connectivity index (χ2v) is 9.55. The molecule has 0 heterocycles. The Balaban J connectivity index is 1.89. The average Bonchev–Trinajstić information content (AvgIpc) is 2.85. The van der Waals surface area contributed by atoms with Crippen molar-refractivity contribution >= 4 is 0 Å². The van der Waals surface area contributed by atoms with E-state index in [-0.39, 0.29) is 0 Å². The van der Waals surface area contributed by atoms with Crippen molar-refractivity contribution in [1.29, 1.82) is 0 Å². The summed E-state index contributed by atoms with van der Waals surface area (Å²) in [5.41, 5.74) is 4.92. The van der Waals surface area contributed by atoms with E-state index in [1.54, 1.807) is 0 Å². The zero-order chi connectivity index (χ0) is 24.4. The van der Waals surface area contributed by atoms with E-state index >= 15 is 0 Å². The topological polar surface area (TPSA) is 24.9 Å². The van der Waals surface area contributed by atoms with Gasteiger partial charge in [-0.25, -0.2) is 0 Å². The number of hydrogen-bond acceptors (Lipinski definition) is 4. The maximum atomic E-state index is 6.10. The fraction of sp³-hybridized carbons (Fsp3) is 0.600. The molecule has 0 unspecified atom stereocenters. The molecule has 190 valence electrons. The van der Waals surface area contributed by atoms with Gasteiger partial charge in [0.05, 0.1) is 26.7 Å². The molecule has 2 aromatic carbocycles. The zero-order valence-corrected chi connectivity index (χ0v) is 22.2. The lowest BCUT2D eigenvalue weighted by Gasteiger charge is -2.19. The third kappa shape index (κ3) is 11.1. The Morgan fingerprint density at radius 3 is 1.38 bits per heavy atom. The molecule has 0 spiro atoms. The molecule has 0 atom stereocenters. The highest BCUT2D eigenvalue weighted by molar-refractivity contribution is 5.70. The molecule has 4 nitrogen and oxygen atoms in total. The quantitative estimate of drug-likeness (QED) is 0.159. The Kier molecular flexibility index (Phi) is 14.8. The van der Waals surface area contributed by atoms with Crippen molar-refractivity contribution in [3.05, 3.63) is 59.7 Å². The van der Waals surface area contributed by atoms with Crippen molar-refractivity contribution in [2.24, 2.45) is 0 Å². The molecule has 0 N–H and O–H groups in total. The van der Waals surface area contributed by atoms with Gasteiger partial charge in [0.1, 0.15) is 0 Å². The van der Waals surface area contributed by atoms with Crippen LogP contribution in [0.4, 0.5) is 0 Å². The molecule has 0 aromatic heterocycles. The van der Waals surface area contributed by atoms with Gasteiger partial charge in [0, 0.05) is 0 Å². The number of unbranched alkanes of at least 4 members (excludes halogenated alkanes) is 6. The fourth-order valence-electron chi connectivity index (χ4n) is 4.19. The van der Waals surface area contributed by atoms with Crippen molar-refractivity contribution in [2.75, 3.05) is 40.6 Å². The van der Waals surface area contributed by atoms with Gasteiger partial charge < -0.3 is 9.47 Å². The molecule has 0 saturated heterocycles. The van der Waals surface area contributed by atoms with Gasteiger partial charge in [-0.1, -0.05) is 101 Å². The van der Waals surface area contributed by atoms with E-state index in [4.69, 9.17) is 9.47 Å². The predicted octanol–water partition coefficient (Wildman–Crippen LogP) is 7.33. The standard InChI is InChI=1S/C30H48N2O2/c1-5-7-9-15-21-31(3)25-33-23-27-17-11-13-19-29(27)30-20-14-12-18-28(30)24-34-26-32(4)22-16-10-8-6-2/h11-14,17-20H,5-10,15-16,21-26H2,1-4H3. The van der Waals surface area contributed by atoms with Crippen LogP contribution in [-0.2, 0) is 22.7 Å². The van der Waals surface area contributed by atoms with Gasteiger partial charge in [-0.2, -0.15) is 0 Å². The number of hydrogen-bond donors (Lipinski definition) is 0. The molecule has 0 aliphatic heterocycles. The van der Waals surface area contributed by atoms with Crippen molar-refractivity contribution in [3.63, 3.8) is 0 Å². The van der Waals surface area contributed by atoms with E-state index in [1.165, 1.54) is 73.6 Å².